The molecular weight excluding hydrogens is 186 g/mol. The van der Waals surface area contributed by atoms with Gasteiger partial charge in [-0.05, 0) is 26.8 Å². The summed E-state index contributed by atoms with van der Waals surface area (Å²) in [4.78, 5) is 10.6. The summed E-state index contributed by atoms with van der Waals surface area (Å²) in [7, 11) is 0. The maximum atomic E-state index is 10.6. The molecule has 0 radical (unpaired) electrons. The summed E-state index contributed by atoms with van der Waals surface area (Å²) < 4.78 is 10.3. The van der Waals surface area contributed by atoms with Crippen molar-refractivity contribution in [3.05, 3.63) is 0 Å². The zero-order valence-electron chi connectivity index (χ0n) is 8.73. The zero-order valence-corrected chi connectivity index (χ0v) is 8.73. The predicted octanol–water partition coefficient (Wildman–Crippen LogP) is 0.230. The molecule has 0 aromatic carbocycles. The molecule has 0 saturated heterocycles. The molecule has 0 heterocycles. The Kier molecular flexibility index (Phi) is 7.37. The normalized spacial score (nSPS) is 13.1. The van der Waals surface area contributed by atoms with Gasteiger partial charge in [0.2, 0.25) is 0 Å². The van der Waals surface area contributed by atoms with Crippen LogP contribution in [0.4, 0.5) is 0 Å². The van der Waals surface area contributed by atoms with E-state index in [-0.39, 0.29) is 12.7 Å². The van der Waals surface area contributed by atoms with Gasteiger partial charge in [-0.2, -0.15) is 0 Å². The molecule has 5 heteroatoms. The number of carboxylic acids is 1. The average Bonchev–Trinajstić information content (AvgIpc) is 2.09. The van der Waals surface area contributed by atoms with E-state index in [1.165, 1.54) is 0 Å². The van der Waals surface area contributed by atoms with Crippen molar-refractivity contribution in [3.63, 3.8) is 0 Å². The van der Waals surface area contributed by atoms with Gasteiger partial charge in [0.05, 0.1) is 19.3 Å². The lowest BCUT2D eigenvalue weighted by Gasteiger charge is -2.13. The van der Waals surface area contributed by atoms with Crippen molar-refractivity contribution in [1.29, 1.82) is 0 Å². The zero-order chi connectivity index (χ0) is 11.0. The Hall–Kier alpha value is -0.650. The molecule has 0 aliphatic heterocycles. The Balaban J connectivity index is 3.56. The van der Waals surface area contributed by atoms with E-state index in [9.17, 15) is 4.79 Å². The monoisotopic (exact) mass is 205 g/mol. The number of hydrogen-bond acceptors (Lipinski definition) is 4. The Bertz CT molecular complexity index is 161. The van der Waals surface area contributed by atoms with Crippen molar-refractivity contribution in [2.24, 2.45) is 5.73 Å². The molecular formula is C9H19NO4. The van der Waals surface area contributed by atoms with Crippen molar-refractivity contribution < 1.29 is 19.4 Å². The first kappa shape index (κ1) is 13.4. The minimum absolute atomic E-state index is 0.136. The molecule has 0 aliphatic rings. The van der Waals surface area contributed by atoms with E-state index >= 15 is 0 Å². The van der Waals surface area contributed by atoms with Crippen LogP contribution in [0.2, 0.25) is 0 Å². The van der Waals surface area contributed by atoms with Crippen LogP contribution >= 0.6 is 0 Å². The quantitative estimate of drug-likeness (QED) is 0.554. The molecule has 0 bridgehead atoms. The molecule has 0 rings (SSSR count). The lowest BCUT2D eigenvalue weighted by Crippen LogP contribution is -2.28. The minimum Gasteiger partial charge on any atom is -0.479 e. The number of carbonyl (C=O) groups is 1. The fraction of sp³-hybridized carbons (Fsp3) is 0.889. The van der Waals surface area contributed by atoms with Crippen LogP contribution in [0.1, 0.15) is 20.3 Å². The first-order valence-corrected chi connectivity index (χ1v) is 4.74. The largest absolute Gasteiger partial charge is 0.479 e. The molecule has 0 saturated carbocycles. The second-order valence-corrected chi connectivity index (χ2v) is 3.19. The third kappa shape index (κ3) is 6.82. The molecule has 84 valence electrons. The summed E-state index contributed by atoms with van der Waals surface area (Å²) in [5.41, 5.74) is 5.25. The van der Waals surface area contributed by atoms with E-state index < -0.39 is 12.1 Å². The Morgan fingerprint density at radius 3 is 2.36 bits per heavy atom. The van der Waals surface area contributed by atoms with Crippen molar-refractivity contribution in [2.75, 3.05) is 19.8 Å². The number of nitrogens with two attached hydrogens (primary N) is 1. The van der Waals surface area contributed by atoms with Crippen LogP contribution < -0.4 is 5.73 Å². The topological polar surface area (TPSA) is 81.8 Å². The standard InChI is InChI=1S/C9H19NO4/c1-7(2)13-5-6-14-8(3-4-10)9(11)12/h7-8H,3-6,10H2,1-2H3,(H,11,12). The number of rotatable bonds is 8. The minimum atomic E-state index is -0.972. The number of carboxylic acid groups (broad SMARTS) is 1. The second kappa shape index (κ2) is 7.73. The molecule has 14 heavy (non-hydrogen) atoms. The van der Waals surface area contributed by atoms with E-state index in [2.05, 4.69) is 0 Å². The fourth-order valence-corrected chi connectivity index (χ4v) is 0.904. The van der Waals surface area contributed by atoms with Gasteiger partial charge < -0.3 is 20.3 Å². The van der Waals surface area contributed by atoms with Crippen molar-refractivity contribution in [1.82, 2.24) is 0 Å². The van der Waals surface area contributed by atoms with Crippen LogP contribution in [0, 0.1) is 0 Å². The van der Waals surface area contributed by atoms with Gasteiger partial charge in [0.15, 0.2) is 6.10 Å². The SMILES string of the molecule is CC(C)OCCOC(CCN)C(=O)O. The second-order valence-electron chi connectivity index (χ2n) is 3.19. The van der Waals surface area contributed by atoms with E-state index in [4.69, 9.17) is 20.3 Å². The highest BCUT2D eigenvalue weighted by atomic mass is 16.5. The van der Waals surface area contributed by atoms with Gasteiger partial charge in [-0.15, -0.1) is 0 Å². The number of ether oxygens (including phenoxy) is 2. The molecule has 1 atom stereocenters. The predicted molar refractivity (Wildman–Crippen MR) is 52.1 cm³/mol. The summed E-state index contributed by atoms with van der Waals surface area (Å²) >= 11 is 0. The summed E-state index contributed by atoms with van der Waals surface area (Å²) in [6, 6.07) is 0. The van der Waals surface area contributed by atoms with Gasteiger partial charge in [-0.1, -0.05) is 0 Å². The first-order valence-electron chi connectivity index (χ1n) is 4.74. The van der Waals surface area contributed by atoms with E-state index in [0.29, 0.717) is 19.6 Å². The molecule has 0 amide bonds. The van der Waals surface area contributed by atoms with Crippen LogP contribution in [0.5, 0.6) is 0 Å². The fourth-order valence-electron chi connectivity index (χ4n) is 0.904. The average molecular weight is 205 g/mol. The van der Waals surface area contributed by atoms with Gasteiger partial charge in [0, 0.05) is 0 Å². The number of hydrogen-bond donors (Lipinski definition) is 2. The van der Waals surface area contributed by atoms with Gasteiger partial charge >= 0.3 is 5.97 Å². The molecule has 0 spiro atoms. The smallest absolute Gasteiger partial charge is 0.332 e. The Morgan fingerprint density at radius 2 is 1.93 bits per heavy atom. The highest BCUT2D eigenvalue weighted by Gasteiger charge is 2.16. The van der Waals surface area contributed by atoms with Crippen molar-refractivity contribution >= 4 is 5.97 Å². The van der Waals surface area contributed by atoms with Crippen LogP contribution in [-0.2, 0) is 14.3 Å². The molecule has 0 aliphatic carbocycles. The lowest BCUT2D eigenvalue weighted by atomic mass is 10.2. The van der Waals surface area contributed by atoms with Crippen LogP contribution in [-0.4, -0.2) is 43.0 Å². The van der Waals surface area contributed by atoms with Crippen LogP contribution in [0.15, 0.2) is 0 Å². The first-order chi connectivity index (χ1) is 6.57. The highest BCUT2D eigenvalue weighted by Crippen LogP contribution is 1.98. The van der Waals surface area contributed by atoms with Gasteiger partial charge in [0.1, 0.15) is 0 Å². The lowest BCUT2D eigenvalue weighted by molar-refractivity contribution is -0.151. The maximum absolute atomic E-state index is 10.6. The Labute approximate surface area is 84.2 Å². The molecule has 5 nitrogen and oxygen atoms in total. The third-order valence-corrected chi connectivity index (χ3v) is 1.56. The van der Waals surface area contributed by atoms with E-state index in [0.717, 1.165) is 0 Å². The highest BCUT2D eigenvalue weighted by molar-refractivity contribution is 5.72. The molecule has 0 fully saturated rings. The van der Waals surface area contributed by atoms with Gasteiger partial charge in [-0.3, -0.25) is 0 Å². The van der Waals surface area contributed by atoms with Crippen molar-refractivity contribution in [3.8, 4) is 0 Å². The van der Waals surface area contributed by atoms with Crippen molar-refractivity contribution in [2.45, 2.75) is 32.5 Å². The van der Waals surface area contributed by atoms with Crippen LogP contribution in [0.25, 0.3) is 0 Å². The Morgan fingerprint density at radius 1 is 1.36 bits per heavy atom. The maximum Gasteiger partial charge on any atom is 0.332 e. The molecule has 0 aromatic heterocycles. The summed E-state index contributed by atoms with van der Waals surface area (Å²) in [6.45, 7) is 4.83. The molecule has 0 aromatic rings. The molecule has 3 N–H and O–H groups in total. The molecule has 1 unspecified atom stereocenters. The van der Waals surface area contributed by atoms with E-state index in [1.807, 2.05) is 13.8 Å². The van der Waals surface area contributed by atoms with Gasteiger partial charge in [-0.25, -0.2) is 4.79 Å². The number of aliphatic carboxylic acids is 1. The van der Waals surface area contributed by atoms with E-state index in [1.54, 1.807) is 0 Å². The summed E-state index contributed by atoms with van der Waals surface area (Å²) in [6.07, 6.45) is -0.344. The third-order valence-electron chi connectivity index (χ3n) is 1.56. The summed E-state index contributed by atoms with van der Waals surface area (Å²) in [5.74, 6) is -0.972. The van der Waals surface area contributed by atoms with Crippen LogP contribution in [0.3, 0.4) is 0 Å². The summed E-state index contributed by atoms with van der Waals surface area (Å²) in [5, 5.41) is 8.69. The van der Waals surface area contributed by atoms with Gasteiger partial charge in [0.25, 0.3) is 0 Å².